The van der Waals surface area contributed by atoms with Crippen LogP contribution in [-0.2, 0) is 12.7 Å². The lowest BCUT2D eigenvalue weighted by Crippen LogP contribution is -2.14. The van der Waals surface area contributed by atoms with Gasteiger partial charge in [0.1, 0.15) is 0 Å². The third-order valence-corrected chi connectivity index (χ3v) is 4.26. The second-order valence-corrected chi connectivity index (χ2v) is 6.47. The SMILES string of the molecule is CNCc1ccc(Sc2cccc(Br)c2)cc1C(F)(F)F. The average Bonchev–Trinajstić information content (AvgIpc) is 2.39. The average molecular weight is 376 g/mol. The highest BCUT2D eigenvalue weighted by Gasteiger charge is 2.33. The highest BCUT2D eigenvalue weighted by Crippen LogP contribution is 2.37. The molecule has 2 aromatic rings. The van der Waals surface area contributed by atoms with Gasteiger partial charge in [-0.25, -0.2) is 0 Å². The number of nitrogens with one attached hydrogen (secondary N) is 1. The molecule has 0 aliphatic heterocycles. The lowest BCUT2D eigenvalue weighted by Gasteiger charge is -2.14. The standard InChI is InChI=1S/C15H13BrF3NS/c1-20-9-10-5-6-13(8-14(10)15(17,18)19)21-12-4-2-3-11(16)7-12/h2-8,20H,9H2,1H3. The van der Waals surface area contributed by atoms with Gasteiger partial charge < -0.3 is 5.32 Å². The van der Waals surface area contributed by atoms with Crippen molar-refractivity contribution in [1.29, 1.82) is 0 Å². The van der Waals surface area contributed by atoms with Crippen LogP contribution in [0.1, 0.15) is 11.1 Å². The molecule has 0 unspecified atom stereocenters. The van der Waals surface area contributed by atoms with Crippen LogP contribution in [0.25, 0.3) is 0 Å². The van der Waals surface area contributed by atoms with E-state index in [1.807, 2.05) is 24.3 Å². The third kappa shape index (κ3) is 4.49. The predicted octanol–water partition coefficient (Wildman–Crippen LogP) is 5.34. The summed E-state index contributed by atoms with van der Waals surface area (Å²) in [5.41, 5.74) is -0.333. The Morgan fingerprint density at radius 3 is 2.43 bits per heavy atom. The molecule has 0 saturated carbocycles. The molecule has 0 heterocycles. The summed E-state index contributed by atoms with van der Waals surface area (Å²) in [5, 5.41) is 2.76. The van der Waals surface area contributed by atoms with Crippen molar-refractivity contribution in [1.82, 2.24) is 5.32 Å². The first kappa shape index (κ1) is 16.4. The van der Waals surface area contributed by atoms with Crippen LogP contribution in [0.3, 0.4) is 0 Å². The fourth-order valence-electron chi connectivity index (χ4n) is 1.89. The minimum absolute atomic E-state index is 0.191. The molecule has 1 nitrogen and oxygen atoms in total. The second-order valence-electron chi connectivity index (χ2n) is 4.41. The molecule has 0 aliphatic carbocycles. The van der Waals surface area contributed by atoms with Crippen LogP contribution in [0.5, 0.6) is 0 Å². The first-order valence-electron chi connectivity index (χ1n) is 6.18. The Bertz CT molecular complexity index is 629. The molecule has 1 N–H and O–H groups in total. The van der Waals surface area contributed by atoms with Gasteiger partial charge in [0.2, 0.25) is 0 Å². The molecule has 0 radical (unpaired) electrons. The molecule has 0 aromatic heterocycles. The zero-order valence-corrected chi connectivity index (χ0v) is 13.6. The summed E-state index contributed by atoms with van der Waals surface area (Å²) < 4.78 is 40.2. The smallest absolute Gasteiger partial charge is 0.316 e. The maximum Gasteiger partial charge on any atom is 0.416 e. The quantitative estimate of drug-likeness (QED) is 0.773. The van der Waals surface area contributed by atoms with E-state index in [9.17, 15) is 13.2 Å². The summed E-state index contributed by atoms with van der Waals surface area (Å²) in [6.07, 6.45) is -4.35. The highest BCUT2D eigenvalue weighted by atomic mass is 79.9. The Hall–Kier alpha value is -0.980. The van der Waals surface area contributed by atoms with E-state index in [0.717, 1.165) is 9.37 Å². The molecule has 0 saturated heterocycles. The molecule has 0 aliphatic rings. The highest BCUT2D eigenvalue weighted by molar-refractivity contribution is 9.10. The maximum absolute atomic E-state index is 13.1. The van der Waals surface area contributed by atoms with Gasteiger partial charge in [-0.15, -0.1) is 0 Å². The summed E-state index contributed by atoms with van der Waals surface area (Å²) >= 11 is 4.66. The van der Waals surface area contributed by atoms with E-state index < -0.39 is 11.7 Å². The van der Waals surface area contributed by atoms with Gasteiger partial charge in [-0.2, -0.15) is 13.2 Å². The monoisotopic (exact) mass is 375 g/mol. The number of benzene rings is 2. The van der Waals surface area contributed by atoms with Gasteiger partial charge in [0.15, 0.2) is 0 Å². The van der Waals surface area contributed by atoms with Crippen LogP contribution < -0.4 is 5.32 Å². The largest absolute Gasteiger partial charge is 0.416 e. The van der Waals surface area contributed by atoms with Crippen LogP contribution in [0.4, 0.5) is 13.2 Å². The lowest BCUT2D eigenvalue weighted by atomic mass is 10.1. The van der Waals surface area contributed by atoms with Crippen LogP contribution in [0.2, 0.25) is 0 Å². The number of halogens is 4. The molecule has 0 fully saturated rings. The molecule has 0 amide bonds. The fourth-order valence-corrected chi connectivity index (χ4v) is 3.36. The van der Waals surface area contributed by atoms with Gasteiger partial charge in [-0.1, -0.05) is 39.8 Å². The zero-order chi connectivity index (χ0) is 15.5. The molecule has 2 aromatic carbocycles. The molecule has 2 rings (SSSR count). The van der Waals surface area contributed by atoms with Crippen molar-refractivity contribution < 1.29 is 13.2 Å². The van der Waals surface area contributed by atoms with E-state index in [-0.39, 0.29) is 12.1 Å². The van der Waals surface area contributed by atoms with Gasteiger partial charge >= 0.3 is 6.18 Å². The van der Waals surface area contributed by atoms with Crippen LogP contribution >= 0.6 is 27.7 Å². The number of alkyl halides is 3. The van der Waals surface area contributed by atoms with E-state index in [1.54, 1.807) is 13.1 Å². The summed E-state index contributed by atoms with van der Waals surface area (Å²) in [5.74, 6) is 0. The number of hydrogen-bond donors (Lipinski definition) is 1. The molecule has 112 valence electrons. The Morgan fingerprint density at radius 2 is 1.81 bits per heavy atom. The van der Waals surface area contributed by atoms with E-state index in [1.165, 1.54) is 23.9 Å². The van der Waals surface area contributed by atoms with Crippen molar-refractivity contribution in [3.8, 4) is 0 Å². The zero-order valence-electron chi connectivity index (χ0n) is 11.2. The number of hydrogen-bond acceptors (Lipinski definition) is 2. The Kier molecular flexibility index (Phi) is 5.35. The van der Waals surface area contributed by atoms with E-state index in [2.05, 4.69) is 21.2 Å². The maximum atomic E-state index is 13.1. The van der Waals surface area contributed by atoms with Crippen molar-refractivity contribution in [3.63, 3.8) is 0 Å². The van der Waals surface area contributed by atoms with E-state index in [0.29, 0.717) is 4.90 Å². The Morgan fingerprint density at radius 1 is 1.10 bits per heavy atom. The summed E-state index contributed by atoms with van der Waals surface area (Å²) in [7, 11) is 1.63. The van der Waals surface area contributed by atoms with E-state index >= 15 is 0 Å². The topological polar surface area (TPSA) is 12.0 Å². The predicted molar refractivity (Wildman–Crippen MR) is 82.5 cm³/mol. The lowest BCUT2D eigenvalue weighted by molar-refractivity contribution is -0.138. The molecule has 0 atom stereocenters. The molecule has 21 heavy (non-hydrogen) atoms. The minimum Gasteiger partial charge on any atom is -0.316 e. The van der Waals surface area contributed by atoms with Gasteiger partial charge in [-0.3, -0.25) is 0 Å². The van der Waals surface area contributed by atoms with Gasteiger partial charge in [0, 0.05) is 20.8 Å². The normalized spacial score (nSPS) is 11.7. The van der Waals surface area contributed by atoms with Crippen molar-refractivity contribution in [3.05, 3.63) is 58.1 Å². The second kappa shape index (κ2) is 6.85. The first-order chi connectivity index (χ1) is 9.90. The van der Waals surface area contributed by atoms with Gasteiger partial charge in [-0.05, 0) is 42.9 Å². The van der Waals surface area contributed by atoms with Crippen LogP contribution in [0, 0.1) is 0 Å². The molecular weight excluding hydrogens is 363 g/mol. The number of rotatable bonds is 4. The Balaban J connectivity index is 2.33. The third-order valence-electron chi connectivity index (χ3n) is 2.79. The Labute approximate surface area is 134 Å². The molecular formula is C15H13BrF3NS. The van der Waals surface area contributed by atoms with Crippen molar-refractivity contribution in [2.24, 2.45) is 0 Å². The van der Waals surface area contributed by atoms with Crippen LogP contribution in [-0.4, -0.2) is 7.05 Å². The van der Waals surface area contributed by atoms with Gasteiger partial charge in [0.25, 0.3) is 0 Å². The molecule has 6 heteroatoms. The summed E-state index contributed by atoms with van der Waals surface area (Å²) in [6.45, 7) is 0.191. The van der Waals surface area contributed by atoms with Crippen LogP contribution in [0.15, 0.2) is 56.7 Å². The molecule has 0 bridgehead atoms. The van der Waals surface area contributed by atoms with E-state index in [4.69, 9.17) is 0 Å². The molecule has 0 spiro atoms. The first-order valence-corrected chi connectivity index (χ1v) is 7.79. The van der Waals surface area contributed by atoms with Gasteiger partial charge in [0.05, 0.1) is 5.56 Å². The van der Waals surface area contributed by atoms with Crippen molar-refractivity contribution >= 4 is 27.7 Å². The summed E-state index contributed by atoms with van der Waals surface area (Å²) in [6, 6.07) is 11.9. The minimum atomic E-state index is -4.35. The van der Waals surface area contributed by atoms with Crippen molar-refractivity contribution in [2.75, 3.05) is 7.05 Å². The van der Waals surface area contributed by atoms with Crippen molar-refractivity contribution in [2.45, 2.75) is 22.5 Å². The summed E-state index contributed by atoms with van der Waals surface area (Å²) in [4.78, 5) is 1.46. The fraction of sp³-hybridized carbons (Fsp3) is 0.200.